The van der Waals surface area contributed by atoms with Crippen LogP contribution in [0.1, 0.15) is 35.1 Å². The molecule has 0 saturated carbocycles. The molecule has 3 aromatic carbocycles. The average molecular weight is 519 g/mol. The van der Waals surface area contributed by atoms with Crippen LogP contribution in [0.2, 0.25) is 0 Å². The lowest BCUT2D eigenvalue weighted by Crippen LogP contribution is -2.16. The summed E-state index contributed by atoms with van der Waals surface area (Å²) in [6.07, 6.45) is 6.00. The van der Waals surface area contributed by atoms with Crippen LogP contribution < -0.4 is 0 Å². The normalized spacial score (nSPS) is 11.9. The molecule has 0 saturated heterocycles. The van der Waals surface area contributed by atoms with E-state index in [9.17, 15) is 4.79 Å². The van der Waals surface area contributed by atoms with Crippen LogP contribution in [0.3, 0.4) is 0 Å². The zero-order valence-corrected chi connectivity index (χ0v) is 22.3. The Labute approximate surface area is 230 Å². The lowest BCUT2D eigenvalue weighted by Gasteiger charge is -2.17. The van der Waals surface area contributed by atoms with E-state index in [4.69, 9.17) is 14.5 Å². The van der Waals surface area contributed by atoms with Crippen molar-refractivity contribution in [2.75, 3.05) is 6.61 Å². The number of hydrogen-bond donors (Lipinski definition) is 0. The van der Waals surface area contributed by atoms with Gasteiger partial charge in [-0.15, -0.1) is 0 Å². The minimum atomic E-state index is -0.177. The van der Waals surface area contributed by atoms with Crippen LogP contribution in [0.15, 0.2) is 109 Å². The molecule has 0 fully saturated rings. The highest BCUT2D eigenvalue weighted by molar-refractivity contribution is 5.70. The Morgan fingerprint density at radius 2 is 1.51 bits per heavy atom. The second kappa shape index (κ2) is 13.0. The molecule has 198 valence electrons. The van der Waals surface area contributed by atoms with E-state index >= 15 is 0 Å². The van der Waals surface area contributed by atoms with Crippen LogP contribution in [0.4, 0.5) is 0 Å². The fourth-order valence-electron chi connectivity index (χ4n) is 4.76. The lowest BCUT2D eigenvalue weighted by molar-refractivity contribution is -0.146. The van der Waals surface area contributed by atoms with Gasteiger partial charge in [0.2, 0.25) is 0 Å². The van der Waals surface area contributed by atoms with Gasteiger partial charge < -0.3 is 13.9 Å². The average Bonchev–Trinajstić information content (AvgIpc) is 3.42. The van der Waals surface area contributed by atoms with Crippen LogP contribution in [0, 0.1) is 12.8 Å². The van der Waals surface area contributed by atoms with Crippen molar-refractivity contribution in [2.45, 2.75) is 39.4 Å². The third-order valence-electron chi connectivity index (χ3n) is 6.93. The summed E-state index contributed by atoms with van der Waals surface area (Å²) in [6.45, 7) is 3.53. The van der Waals surface area contributed by atoms with Gasteiger partial charge >= 0.3 is 5.97 Å². The molecule has 5 rings (SSSR count). The van der Waals surface area contributed by atoms with Gasteiger partial charge in [-0.2, -0.15) is 0 Å². The van der Waals surface area contributed by atoms with Gasteiger partial charge in [0.05, 0.1) is 12.3 Å². The maximum atomic E-state index is 12.7. The first-order valence-electron chi connectivity index (χ1n) is 13.5. The summed E-state index contributed by atoms with van der Waals surface area (Å²) in [5.74, 6) is -0.0589. The highest BCUT2D eigenvalue weighted by Crippen LogP contribution is 2.24. The number of aryl methyl sites for hydroxylation is 1. The number of aromatic nitrogens is 2. The van der Waals surface area contributed by atoms with E-state index in [0.29, 0.717) is 26.2 Å². The summed E-state index contributed by atoms with van der Waals surface area (Å²) in [5.41, 5.74) is 7.47. The molecule has 0 unspecified atom stereocenters. The lowest BCUT2D eigenvalue weighted by atomic mass is 9.93. The number of pyridine rings is 1. The van der Waals surface area contributed by atoms with E-state index in [0.717, 1.165) is 46.4 Å². The number of carbonyl (C=O) groups is 1. The molecule has 0 amide bonds. The van der Waals surface area contributed by atoms with Crippen LogP contribution >= 0.6 is 0 Å². The second-order valence-corrected chi connectivity index (χ2v) is 9.99. The largest absolute Gasteiger partial charge is 0.461 e. The third-order valence-corrected chi connectivity index (χ3v) is 6.93. The molecule has 0 bridgehead atoms. The number of nitrogens with zero attached hydrogens (tertiary/aromatic N) is 2. The van der Waals surface area contributed by atoms with Gasteiger partial charge in [-0.05, 0) is 54.0 Å². The fraction of sp³-hybridized carbons (Fsp3) is 0.235. The van der Waals surface area contributed by atoms with Crippen LogP contribution in [0.25, 0.3) is 16.9 Å². The molecule has 39 heavy (non-hydrogen) atoms. The Morgan fingerprint density at radius 3 is 2.21 bits per heavy atom. The summed E-state index contributed by atoms with van der Waals surface area (Å²) < 4.78 is 13.6. The van der Waals surface area contributed by atoms with Gasteiger partial charge in [0.15, 0.2) is 0 Å². The molecule has 0 aliphatic carbocycles. The molecule has 1 atom stereocenters. The van der Waals surface area contributed by atoms with Crippen molar-refractivity contribution in [1.29, 1.82) is 0 Å². The number of hydrogen-bond acceptors (Lipinski definition) is 4. The molecule has 2 heterocycles. The van der Waals surface area contributed by atoms with Crippen molar-refractivity contribution >= 4 is 11.6 Å². The molecule has 0 aliphatic rings. The first kappa shape index (κ1) is 26.4. The zero-order valence-electron chi connectivity index (χ0n) is 22.3. The number of ether oxygens (including phenoxy) is 2. The van der Waals surface area contributed by atoms with Crippen LogP contribution in [0.5, 0.6) is 0 Å². The summed E-state index contributed by atoms with van der Waals surface area (Å²) in [7, 11) is 0. The molecule has 0 N–H and O–H groups in total. The number of benzene rings is 3. The van der Waals surface area contributed by atoms with Gasteiger partial charge in [-0.1, -0.05) is 91.0 Å². The highest BCUT2D eigenvalue weighted by Gasteiger charge is 2.17. The van der Waals surface area contributed by atoms with Gasteiger partial charge in [-0.25, -0.2) is 4.98 Å². The molecular weight excluding hydrogens is 484 g/mol. The molecule has 2 aromatic heterocycles. The van der Waals surface area contributed by atoms with Gasteiger partial charge in [-0.3, -0.25) is 4.79 Å². The monoisotopic (exact) mass is 518 g/mol. The number of fused-ring (bicyclic) bond motifs is 1. The van der Waals surface area contributed by atoms with Gasteiger partial charge in [0, 0.05) is 31.0 Å². The van der Waals surface area contributed by atoms with E-state index in [-0.39, 0.29) is 11.9 Å². The van der Waals surface area contributed by atoms with Crippen molar-refractivity contribution in [3.8, 4) is 11.3 Å². The Bertz CT molecular complexity index is 1480. The molecule has 5 nitrogen and oxygen atoms in total. The molecule has 5 heteroatoms. The Balaban J connectivity index is 1.22. The summed E-state index contributed by atoms with van der Waals surface area (Å²) in [4.78, 5) is 17.6. The van der Waals surface area contributed by atoms with E-state index in [2.05, 4.69) is 60.0 Å². The molecule has 0 spiro atoms. The first-order chi connectivity index (χ1) is 19.1. The quantitative estimate of drug-likeness (QED) is 0.129. The SMILES string of the molecule is Cc1cccn2cc(-c3ccc(C[C@@H](CCOCc4ccccc4)CC(=O)OCc4ccccc4)cc3)nc12. The van der Waals surface area contributed by atoms with Gasteiger partial charge in [0.1, 0.15) is 12.3 Å². The molecule has 0 radical (unpaired) electrons. The second-order valence-electron chi connectivity index (χ2n) is 9.99. The number of imidazole rings is 1. The first-order valence-corrected chi connectivity index (χ1v) is 13.5. The minimum absolute atomic E-state index is 0.118. The molecule has 0 aliphatic heterocycles. The summed E-state index contributed by atoms with van der Waals surface area (Å²) in [6, 6.07) is 32.6. The zero-order chi connectivity index (χ0) is 26.9. The Kier molecular flexibility index (Phi) is 8.82. The Hall–Kier alpha value is -4.22. The number of rotatable bonds is 12. The van der Waals surface area contributed by atoms with E-state index in [1.54, 1.807) is 0 Å². The smallest absolute Gasteiger partial charge is 0.306 e. The predicted octanol–water partition coefficient (Wildman–Crippen LogP) is 7.21. The van der Waals surface area contributed by atoms with Gasteiger partial charge in [0.25, 0.3) is 0 Å². The standard InChI is InChI=1S/C34H34N2O3/c1-26-9-8-19-36-23-32(35-34(26)36)31-16-14-27(15-17-31)21-30(18-20-38-24-28-10-4-2-5-11-28)22-33(37)39-25-29-12-6-3-7-13-29/h2-17,19,23,30H,18,20-22,24-25H2,1H3/t30-/m1/s1. The Morgan fingerprint density at radius 1 is 0.821 bits per heavy atom. The fourth-order valence-corrected chi connectivity index (χ4v) is 4.76. The minimum Gasteiger partial charge on any atom is -0.461 e. The summed E-state index contributed by atoms with van der Waals surface area (Å²) in [5, 5.41) is 0. The topological polar surface area (TPSA) is 52.8 Å². The van der Waals surface area contributed by atoms with Crippen LogP contribution in [-0.2, 0) is 33.9 Å². The molecule has 5 aromatic rings. The van der Waals surface area contributed by atoms with Crippen LogP contribution in [-0.4, -0.2) is 22.0 Å². The maximum Gasteiger partial charge on any atom is 0.306 e. The van der Waals surface area contributed by atoms with Crippen molar-refractivity contribution in [3.63, 3.8) is 0 Å². The van der Waals surface area contributed by atoms with E-state index < -0.39 is 0 Å². The number of esters is 1. The maximum absolute atomic E-state index is 12.7. The number of carbonyl (C=O) groups excluding carboxylic acids is 1. The van der Waals surface area contributed by atoms with Crippen molar-refractivity contribution < 1.29 is 14.3 Å². The summed E-state index contributed by atoms with van der Waals surface area (Å²) >= 11 is 0. The van der Waals surface area contributed by atoms with Crippen molar-refractivity contribution in [3.05, 3.63) is 132 Å². The molecular formula is C34H34N2O3. The highest BCUT2D eigenvalue weighted by atomic mass is 16.5. The third kappa shape index (κ3) is 7.43. The predicted molar refractivity (Wildman–Crippen MR) is 154 cm³/mol. The van der Waals surface area contributed by atoms with Crippen molar-refractivity contribution in [1.82, 2.24) is 9.38 Å². The van der Waals surface area contributed by atoms with E-state index in [1.165, 1.54) is 5.56 Å². The van der Waals surface area contributed by atoms with Crippen molar-refractivity contribution in [2.24, 2.45) is 5.92 Å². The van der Waals surface area contributed by atoms with E-state index in [1.807, 2.05) is 60.8 Å².